The molecule has 0 aliphatic heterocycles. The summed E-state index contributed by atoms with van der Waals surface area (Å²) < 4.78 is 39.9. The molecule has 0 bridgehead atoms. The molecule has 2 nitrogen and oxygen atoms in total. The number of hydrogen-bond donors (Lipinski definition) is 1. The van der Waals surface area contributed by atoms with Crippen molar-refractivity contribution in [2.75, 3.05) is 11.9 Å². The lowest BCUT2D eigenvalue weighted by atomic mass is 9.97. The number of nitrogens with zero attached hydrogens (tertiary/aromatic N) is 1. The molecule has 0 aliphatic rings. The molecule has 0 spiro atoms. The Balaban J connectivity index is 2.56. The second-order valence-corrected chi connectivity index (χ2v) is 6.57. The fraction of sp³-hybridized carbons (Fsp3) is 0.300. The normalized spacial score (nSPS) is 15.0. The minimum Gasteiger partial charge on any atom is -0.344 e. The van der Waals surface area contributed by atoms with E-state index in [1.54, 1.807) is 24.1 Å². The van der Waals surface area contributed by atoms with E-state index in [1.165, 1.54) is 0 Å². The van der Waals surface area contributed by atoms with Crippen LogP contribution in [0.4, 0.5) is 18.9 Å². The van der Waals surface area contributed by atoms with Crippen LogP contribution in [0, 0.1) is 13.8 Å². The summed E-state index contributed by atoms with van der Waals surface area (Å²) in [5.74, 6) is 0. The Hall–Kier alpha value is -2.27. The van der Waals surface area contributed by atoms with Crippen molar-refractivity contribution >= 4 is 11.4 Å². The number of rotatable bonds is 4. The molecule has 1 atom stereocenters. The van der Waals surface area contributed by atoms with Gasteiger partial charge >= 0.3 is 6.18 Å². The number of hydrogen-bond acceptors (Lipinski definition) is 2. The van der Waals surface area contributed by atoms with Crippen molar-refractivity contribution in [3.8, 4) is 0 Å². The van der Waals surface area contributed by atoms with Gasteiger partial charge < -0.3 is 10.6 Å². The third-order valence-corrected chi connectivity index (χ3v) is 4.18. The fourth-order valence-electron chi connectivity index (χ4n) is 2.37. The van der Waals surface area contributed by atoms with E-state index in [1.807, 2.05) is 50.2 Å². The Morgan fingerprint density at radius 3 is 1.80 bits per heavy atom. The van der Waals surface area contributed by atoms with E-state index in [-0.39, 0.29) is 0 Å². The predicted molar refractivity (Wildman–Crippen MR) is 97.4 cm³/mol. The third kappa shape index (κ3) is 4.42. The Morgan fingerprint density at radius 2 is 1.36 bits per heavy atom. The maximum absolute atomic E-state index is 13.3. The van der Waals surface area contributed by atoms with Crippen LogP contribution in [0.15, 0.2) is 54.6 Å². The van der Waals surface area contributed by atoms with Crippen LogP contribution in [0.5, 0.6) is 0 Å². The largest absolute Gasteiger partial charge is 0.409 e. The second kappa shape index (κ2) is 6.92. The zero-order valence-electron chi connectivity index (χ0n) is 14.9. The van der Waals surface area contributed by atoms with Gasteiger partial charge in [0, 0.05) is 18.4 Å². The molecule has 0 amide bonds. The minimum atomic E-state index is -4.54. The predicted octanol–water partition coefficient (Wildman–Crippen LogP) is 5.06. The summed E-state index contributed by atoms with van der Waals surface area (Å²) in [4.78, 5) is 1.72. The number of anilines is 1. The van der Waals surface area contributed by atoms with Gasteiger partial charge in [-0.05, 0) is 44.5 Å². The van der Waals surface area contributed by atoms with Crippen molar-refractivity contribution in [1.29, 1.82) is 0 Å². The maximum Gasteiger partial charge on any atom is 0.409 e. The molecule has 0 aromatic heterocycles. The molecule has 0 saturated carbocycles. The highest BCUT2D eigenvalue weighted by Crippen LogP contribution is 2.34. The molecule has 1 unspecified atom stereocenters. The summed E-state index contributed by atoms with van der Waals surface area (Å²) in [5, 5.41) is 0. The van der Waals surface area contributed by atoms with Crippen molar-refractivity contribution in [2.24, 2.45) is 5.73 Å². The van der Waals surface area contributed by atoms with Gasteiger partial charge in [0.15, 0.2) is 0 Å². The molecule has 134 valence electrons. The number of nitrogens with two attached hydrogens (primary N) is 1. The molecule has 2 aromatic carbocycles. The van der Waals surface area contributed by atoms with E-state index in [0.717, 1.165) is 29.8 Å². The van der Waals surface area contributed by atoms with Gasteiger partial charge in [0.1, 0.15) is 5.54 Å². The first-order chi connectivity index (χ1) is 11.5. The van der Waals surface area contributed by atoms with Crippen molar-refractivity contribution < 1.29 is 13.2 Å². The lowest BCUT2D eigenvalue weighted by Gasteiger charge is -2.30. The van der Waals surface area contributed by atoms with Crippen LogP contribution in [0.1, 0.15) is 23.6 Å². The van der Waals surface area contributed by atoms with E-state index in [9.17, 15) is 13.2 Å². The lowest BCUT2D eigenvalue weighted by molar-refractivity contribution is -0.166. The smallest absolute Gasteiger partial charge is 0.344 e. The molecule has 5 heteroatoms. The van der Waals surface area contributed by atoms with Crippen LogP contribution in [-0.2, 0) is 0 Å². The molecule has 2 aromatic rings. The van der Waals surface area contributed by atoms with Crippen LogP contribution in [-0.4, -0.2) is 18.8 Å². The maximum atomic E-state index is 13.3. The number of alkyl halides is 3. The molecule has 0 saturated heterocycles. The summed E-state index contributed by atoms with van der Waals surface area (Å²) in [7, 11) is 1.74. The number of aryl methyl sites for hydroxylation is 2. The molecule has 25 heavy (non-hydrogen) atoms. The van der Waals surface area contributed by atoms with Crippen molar-refractivity contribution in [3.63, 3.8) is 0 Å². The third-order valence-electron chi connectivity index (χ3n) is 4.18. The van der Waals surface area contributed by atoms with Gasteiger partial charge in [-0.25, -0.2) is 0 Å². The fourth-order valence-corrected chi connectivity index (χ4v) is 2.37. The zero-order valence-corrected chi connectivity index (χ0v) is 14.9. The van der Waals surface area contributed by atoms with E-state index >= 15 is 0 Å². The van der Waals surface area contributed by atoms with E-state index in [4.69, 9.17) is 5.73 Å². The number of halogens is 3. The van der Waals surface area contributed by atoms with Gasteiger partial charge in [0.25, 0.3) is 0 Å². The van der Waals surface area contributed by atoms with Crippen LogP contribution in [0.3, 0.4) is 0 Å². The molecule has 0 fully saturated rings. The summed E-state index contributed by atoms with van der Waals surface area (Å²) >= 11 is 0. The van der Waals surface area contributed by atoms with Gasteiger partial charge in [-0.3, -0.25) is 0 Å². The molecular weight excluding hydrogens is 325 g/mol. The first kappa shape index (κ1) is 19.1. The first-order valence-electron chi connectivity index (χ1n) is 7.97. The Morgan fingerprint density at radius 1 is 0.920 bits per heavy atom. The highest BCUT2D eigenvalue weighted by atomic mass is 19.4. The Bertz CT molecular complexity index is 742. The van der Waals surface area contributed by atoms with Crippen molar-refractivity contribution in [2.45, 2.75) is 32.5 Å². The Labute approximate surface area is 146 Å². The molecule has 0 heterocycles. The van der Waals surface area contributed by atoms with Gasteiger partial charge in [0.2, 0.25) is 0 Å². The average molecular weight is 348 g/mol. The highest BCUT2D eigenvalue weighted by Gasteiger charge is 2.47. The van der Waals surface area contributed by atoms with Crippen LogP contribution in [0.25, 0.3) is 5.70 Å². The molecule has 0 aliphatic carbocycles. The first-order valence-corrected chi connectivity index (χ1v) is 7.97. The summed E-state index contributed by atoms with van der Waals surface area (Å²) in [5.41, 5.74) is 7.12. The number of benzene rings is 2. The van der Waals surface area contributed by atoms with Crippen LogP contribution < -0.4 is 10.6 Å². The van der Waals surface area contributed by atoms with Crippen molar-refractivity contribution in [3.05, 3.63) is 71.3 Å². The molecule has 0 radical (unpaired) electrons. The van der Waals surface area contributed by atoms with E-state index in [0.29, 0.717) is 11.3 Å². The SMILES string of the molecule is Cc1ccc(/C(=C/C(C)(N)C(F)(F)F)N(C)c2ccc(C)cc2)cc1. The summed E-state index contributed by atoms with van der Waals surface area (Å²) in [6.45, 7) is 4.87. The minimum absolute atomic E-state index is 0.408. The molecular formula is C20H23F3N2. The van der Waals surface area contributed by atoms with Gasteiger partial charge in [-0.1, -0.05) is 47.5 Å². The monoisotopic (exact) mass is 348 g/mol. The second-order valence-electron chi connectivity index (χ2n) is 6.57. The topological polar surface area (TPSA) is 29.3 Å². The zero-order chi connectivity index (χ0) is 18.8. The van der Waals surface area contributed by atoms with Gasteiger partial charge in [0.05, 0.1) is 0 Å². The summed E-state index contributed by atoms with van der Waals surface area (Å²) in [6.07, 6.45) is -3.46. The standard InChI is InChI=1S/C20H23F3N2/c1-14-5-9-16(10-6-14)18(13-19(3,24)20(21,22)23)25(4)17-11-7-15(2)8-12-17/h5-13H,24H2,1-4H3/b18-13-. The van der Waals surface area contributed by atoms with E-state index in [2.05, 4.69) is 0 Å². The van der Waals surface area contributed by atoms with Crippen LogP contribution in [0.2, 0.25) is 0 Å². The Kier molecular flexibility index (Phi) is 5.28. The summed E-state index contributed by atoms with van der Waals surface area (Å²) in [6, 6.07) is 14.9. The van der Waals surface area contributed by atoms with E-state index < -0.39 is 11.7 Å². The molecule has 2 rings (SSSR count). The highest BCUT2D eigenvalue weighted by molar-refractivity contribution is 5.79. The van der Waals surface area contributed by atoms with Crippen molar-refractivity contribution in [1.82, 2.24) is 0 Å². The van der Waals surface area contributed by atoms with Crippen LogP contribution >= 0.6 is 0 Å². The quantitative estimate of drug-likeness (QED) is 0.837. The van der Waals surface area contributed by atoms with Gasteiger partial charge in [-0.2, -0.15) is 13.2 Å². The lowest BCUT2D eigenvalue weighted by Crippen LogP contribution is -2.49. The average Bonchev–Trinajstić information content (AvgIpc) is 2.52. The molecule has 2 N–H and O–H groups in total. The van der Waals surface area contributed by atoms with Gasteiger partial charge in [-0.15, -0.1) is 0 Å².